The van der Waals surface area contributed by atoms with Crippen molar-refractivity contribution in [3.8, 4) is 0 Å². The van der Waals surface area contributed by atoms with E-state index >= 15 is 0 Å². The average molecular weight is 281 g/mol. The van der Waals surface area contributed by atoms with Gasteiger partial charge >= 0.3 is 12.0 Å². The minimum Gasteiger partial charge on any atom is -0.481 e. The summed E-state index contributed by atoms with van der Waals surface area (Å²) in [6, 6.07) is -1.36. The summed E-state index contributed by atoms with van der Waals surface area (Å²) in [7, 11) is 0. The van der Waals surface area contributed by atoms with Crippen molar-refractivity contribution in [2.24, 2.45) is 0 Å². The molecular weight excluding hydrogens is 262 g/mol. The molecule has 1 saturated heterocycles. The SMILES string of the molecule is C=CCN(CC=C)C(=O)N1CCNC(=O)C1CC(=O)O. The lowest BCUT2D eigenvalue weighted by molar-refractivity contribution is -0.142. The van der Waals surface area contributed by atoms with Crippen molar-refractivity contribution in [3.63, 3.8) is 0 Å². The van der Waals surface area contributed by atoms with Gasteiger partial charge in [0.25, 0.3) is 0 Å². The number of nitrogens with zero attached hydrogens (tertiary/aromatic N) is 2. The van der Waals surface area contributed by atoms with E-state index in [1.54, 1.807) is 12.2 Å². The number of nitrogens with one attached hydrogen (secondary N) is 1. The summed E-state index contributed by atoms with van der Waals surface area (Å²) < 4.78 is 0. The maximum atomic E-state index is 12.4. The fraction of sp³-hybridized carbons (Fsp3) is 0.462. The number of rotatable bonds is 6. The van der Waals surface area contributed by atoms with Gasteiger partial charge in [0.15, 0.2) is 0 Å². The van der Waals surface area contributed by atoms with Gasteiger partial charge in [-0.3, -0.25) is 9.59 Å². The number of amides is 3. The first-order chi connectivity index (χ1) is 9.51. The van der Waals surface area contributed by atoms with Crippen LogP contribution >= 0.6 is 0 Å². The van der Waals surface area contributed by atoms with Crippen LogP contribution in [0.5, 0.6) is 0 Å². The maximum absolute atomic E-state index is 12.4. The van der Waals surface area contributed by atoms with Crippen molar-refractivity contribution >= 4 is 17.9 Å². The smallest absolute Gasteiger partial charge is 0.321 e. The van der Waals surface area contributed by atoms with Gasteiger partial charge in [0, 0.05) is 26.2 Å². The van der Waals surface area contributed by atoms with E-state index in [1.807, 2.05) is 0 Å². The first-order valence-electron chi connectivity index (χ1n) is 6.28. The van der Waals surface area contributed by atoms with Crippen LogP contribution in [-0.4, -0.2) is 65.0 Å². The van der Waals surface area contributed by atoms with E-state index in [0.29, 0.717) is 19.6 Å². The molecule has 0 aromatic heterocycles. The number of urea groups is 1. The standard InChI is InChI=1S/C13H19N3O4/c1-3-6-15(7-4-2)13(20)16-8-5-14-12(19)10(16)9-11(17)18/h3-4,10H,1-2,5-9H2,(H,14,19)(H,17,18). The third-order valence-electron chi connectivity index (χ3n) is 2.91. The zero-order chi connectivity index (χ0) is 15.1. The minimum absolute atomic E-state index is 0.285. The molecular formula is C13H19N3O4. The molecule has 0 bridgehead atoms. The molecule has 2 N–H and O–H groups in total. The molecule has 0 saturated carbocycles. The summed E-state index contributed by atoms with van der Waals surface area (Å²) in [6.45, 7) is 8.36. The van der Waals surface area contributed by atoms with Gasteiger partial charge in [-0.15, -0.1) is 13.2 Å². The molecule has 1 rings (SSSR count). The Kier molecular flexibility index (Phi) is 5.76. The van der Waals surface area contributed by atoms with Gasteiger partial charge in [0.05, 0.1) is 6.42 Å². The Morgan fingerprint density at radius 1 is 1.40 bits per heavy atom. The second-order valence-electron chi connectivity index (χ2n) is 4.36. The summed E-state index contributed by atoms with van der Waals surface area (Å²) in [5.41, 5.74) is 0. The van der Waals surface area contributed by atoms with Crippen molar-refractivity contribution in [1.82, 2.24) is 15.1 Å². The van der Waals surface area contributed by atoms with Gasteiger partial charge in [-0.05, 0) is 0 Å². The molecule has 1 fully saturated rings. The van der Waals surface area contributed by atoms with Gasteiger partial charge in [-0.2, -0.15) is 0 Å². The highest BCUT2D eigenvalue weighted by Crippen LogP contribution is 2.12. The van der Waals surface area contributed by atoms with E-state index in [0.717, 1.165) is 0 Å². The lowest BCUT2D eigenvalue weighted by atomic mass is 10.1. The zero-order valence-corrected chi connectivity index (χ0v) is 11.2. The molecule has 7 nitrogen and oxygen atoms in total. The van der Waals surface area contributed by atoms with Gasteiger partial charge in [0.2, 0.25) is 5.91 Å². The van der Waals surface area contributed by atoms with Crippen LogP contribution in [0.15, 0.2) is 25.3 Å². The normalized spacial score (nSPS) is 18.1. The Morgan fingerprint density at radius 3 is 2.50 bits per heavy atom. The molecule has 3 amide bonds. The number of carbonyl (C=O) groups is 3. The van der Waals surface area contributed by atoms with Crippen LogP contribution in [0, 0.1) is 0 Å². The lowest BCUT2D eigenvalue weighted by Gasteiger charge is -2.37. The van der Waals surface area contributed by atoms with Crippen molar-refractivity contribution < 1.29 is 19.5 Å². The van der Waals surface area contributed by atoms with E-state index in [2.05, 4.69) is 18.5 Å². The van der Waals surface area contributed by atoms with Gasteiger partial charge in [-0.1, -0.05) is 12.2 Å². The fourth-order valence-corrected chi connectivity index (χ4v) is 2.04. The maximum Gasteiger partial charge on any atom is 0.321 e. The van der Waals surface area contributed by atoms with Gasteiger partial charge in [0.1, 0.15) is 6.04 Å². The van der Waals surface area contributed by atoms with Crippen LogP contribution < -0.4 is 5.32 Å². The molecule has 0 radical (unpaired) electrons. The number of aliphatic carboxylic acids is 1. The second-order valence-corrected chi connectivity index (χ2v) is 4.36. The number of carboxylic acids is 1. The van der Waals surface area contributed by atoms with Crippen LogP contribution in [0.2, 0.25) is 0 Å². The summed E-state index contributed by atoms with van der Waals surface area (Å²) in [4.78, 5) is 37.7. The lowest BCUT2D eigenvalue weighted by Crippen LogP contribution is -2.60. The molecule has 1 heterocycles. The molecule has 1 aliphatic heterocycles. The largest absolute Gasteiger partial charge is 0.481 e. The summed E-state index contributed by atoms with van der Waals surface area (Å²) in [5.74, 6) is -1.56. The molecule has 1 atom stereocenters. The topological polar surface area (TPSA) is 90.0 Å². The highest BCUT2D eigenvalue weighted by atomic mass is 16.4. The summed E-state index contributed by atoms with van der Waals surface area (Å²) in [6.07, 6.45) is 2.73. The Balaban J connectivity index is 2.89. The van der Waals surface area contributed by atoms with E-state index in [4.69, 9.17) is 5.11 Å². The predicted molar refractivity (Wildman–Crippen MR) is 73.1 cm³/mol. The van der Waals surface area contributed by atoms with Crippen LogP contribution in [0.1, 0.15) is 6.42 Å². The van der Waals surface area contributed by atoms with Crippen molar-refractivity contribution in [3.05, 3.63) is 25.3 Å². The van der Waals surface area contributed by atoms with Gasteiger partial charge < -0.3 is 20.2 Å². The number of hydrogen-bond acceptors (Lipinski definition) is 3. The minimum atomic E-state index is -1.12. The second kappa shape index (κ2) is 7.32. The fourth-order valence-electron chi connectivity index (χ4n) is 2.04. The van der Waals surface area contributed by atoms with Crippen LogP contribution in [-0.2, 0) is 9.59 Å². The molecule has 1 unspecified atom stereocenters. The Bertz CT molecular complexity index is 412. The Labute approximate surface area is 117 Å². The van der Waals surface area contributed by atoms with E-state index in [-0.39, 0.29) is 12.6 Å². The van der Waals surface area contributed by atoms with Crippen molar-refractivity contribution in [1.29, 1.82) is 0 Å². The van der Waals surface area contributed by atoms with Crippen LogP contribution in [0.25, 0.3) is 0 Å². The number of piperazine rings is 1. The molecule has 0 spiro atoms. The van der Waals surface area contributed by atoms with E-state index < -0.39 is 24.3 Å². The van der Waals surface area contributed by atoms with Crippen LogP contribution in [0.3, 0.4) is 0 Å². The molecule has 0 aromatic rings. The van der Waals surface area contributed by atoms with E-state index in [1.165, 1.54) is 9.80 Å². The molecule has 1 aliphatic rings. The molecule has 0 aliphatic carbocycles. The number of carboxylic acid groups (broad SMARTS) is 1. The quantitative estimate of drug-likeness (QED) is 0.673. The monoisotopic (exact) mass is 281 g/mol. The Morgan fingerprint density at radius 2 is 2.00 bits per heavy atom. The average Bonchev–Trinajstić information content (AvgIpc) is 2.39. The third-order valence-corrected chi connectivity index (χ3v) is 2.91. The Hall–Kier alpha value is -2.31. The summed E-state index contributed by atoms with van der Waals surface area (Å²) >= 11 is 0. The molecule has 7 heteroatoms. The molecule has 20 heavy (non-hydrogen) atoms. The summed E-state index contributed by atoms with van der Waals surface area (Å²) in [5, 5.41) is 11.4. The van der Waals surface area contributed by atoms with Crippen molar-refractivity contribution in [2.45, 2.75) is 12.5 Å². The number of carbonyl (C=O) groups excluding carboxylic acids is 2. The number of hydrogen-bond donors (Lipinski definition) is 2. The highest BCUT2D eigenvalue weighted by molar-refractivity contribution is 5.91. The molecule has 0 aromatic carbocycles. The van der Waals surface area contributed by atoms with Gasteiger partial charge in [-0.25, -0.2) is 4.79 Å². The van der Waals surface area contributed by atoms with Crippen LogP contribution in [0.4, 0.5) is 4.79 Å². The zero-order valence-electron chi connectivity index (χ0n) is 11.2. The highest BCUT2D eigenvalue weighted by Gasteiger charge is 2.36. The molecule has 110 valence electrons. The predicted octanol–water partition coefficient (Wildman–Crippen LogP) is 0.0555. The van der Waals surface area contributed by atoms with E-state index in [9.17, 15) is 14.4 Å². The first kappa shape index (κ1) is 15.7. The first-order valence-corrected chi connectivity index (χ1v) is 6.28. The third kappa shape index (κ3) is 3.84. The van der Waals surface area contributed by atoms with Crippen molar-refractivity contribution in [2.75, 3.05) is 26.2 Å².